The quantitative estimate of drug-likeness (QED) is 0.446. The van der Waals surface area contributed by atoms with Gasteiger partial charge in [-0.25, -0.2) is 26.7 Å². The molecule has 5 N–H and O–H groups in total. The number of hydrogen-bond acceptors (Lipinski definition) is 6. The molecule has 0 saturated heterocycles. The zero-order valence-electron chi connectivity index (χ0n) is 16.5. The second kappa shape index (κ2) is 9.49. The van der Waals surface area contributed by atoms with Crippen molar-refractivity contribution in [1.29, 1.82) is 0 Å². The fourth-order valence-corrected chi connectivity index (χ4v) is 5.20. The lowest BCUT2D eigenvalue weighted by Gasteiger charge is -2.30. The Labute approximate surface area is 169 Å². The molecule has 0 saturated carbocycles. The lowest BCUT2D eigenvalue weighted by atomic mass is 9.92. The third-order valence-corrected chi connectivity index (χ3v) is 6.65. The summed E-state index contributed by atoms with van der Waals surface area (Å²) in [7, 11) is -6.51. The van der Waals surface area contributed by atoms with E-state index in [0.717, 1.165) is 31.5 Å². The Morgan fingerprint density at radius 2 is 1.76 bits per heavy atom. The molecule has 0 radical (unpaired) electrons. The predicted octanol–water partition coefficient (Wildman–Crippen LogP) is 1.47. The van der Waals surface area contributed by atoms with E-state index in [0.29, 0.717) is 6.42 Å². The van der Waals surface area contributed by atoms with Gasteiger partial charge in [0.2, 0.25) is 20.0 Å². The van der Waals surface area contributed by atoms with Gasteiger partial charge in [-0.05, 0) is 18.1 Å². The number of nitrogens with two attached hydrogens (primary N) is 2. The van der Waals surface area contributed by atoms with Crippen LogP contribution in [-0.4, -0.2) is 48.6 Å². The highest BCUT2D eigenvalue weighted by atomic mass is 32.2. The Balaban J connectivity index is 3.54. The third-order valence-electron chi connectivity index (χ3n) is 4.08. The van der Waals surface area contributed by atoms with Gasteiger partial charge in [-0.3, -0.25) is 0 Å². The first-order valence-electron chi connectivity index (χ1n) is 8.82. The Morgan fingerprint density at radius 1 is 1.17 bits per heavy atom. The molecule has 13 heteroatoms. The highest BCUT2D eigenvalue weighted by Crippen LogP contribution is 2.45. The topological polar surface area (TPSA) is 136 Å². The van der Waals surface area contributed by atoms with Crippen LogP contribution in [0.3, 0.4) is 0 Å². The summed E-state index contributed by atoms with van der Waals surface area (Å²) in [6.45, 7) is 2.01. The SMILES string of the molecule is CCCCCCNS(=O)(=O)C1=CC(=CN(C)C)C(C(F)(F)F)C(S(N)(=O)=O)=C1N. The Hall–Kier alpha value is -1.57. The number of allylic oxidation sites excluding steroid dienone is 3. The van der Waals surface area contributed by atoms with Crippen molar-refractivity contribution in [1.82, 2.24) is 9.62 Å². The number of rotatable bonds is 9. The largest absolute Gasteiger partial charge is 0.400 e. The zero-order valence-corrected chi connectivity index (χ0v) is 18.1. The van der Waals surface area contributed by atoms with Crippen molar-refractivity contribution < 1.29 is 30.0 Å². The van der Waals surface area contributed by atoms with Gasteiger partial charge in [0.15, 0.2) is 0 Å². The average molecular weight is 461 g/mol. The molecule has 29 heavy (non-hydrogen) atoms. The number of primary sulfonamides is 1. The molecule has 0 heterocycles. The van der Waals surface area contributed by atoms with Crippen molar-refractivity contribution in [3.63, 3.8) is 0 Å². The highest BCUT2D eigenvalue weighted by Gasteiger charge is 2.51. The van der Waals surface area contributed by atoms with Gasteiger partial charge in [0, 0.05) is 26.8 Å². The maximum absolute atomic E-state index is 13.7. The van der Waals surface area contributed by atoms with E-state index < -0.39 is 53.2 Å². The second-order valence-electron chi connectivity index (χ2n) is 6.86. The van der Waals surface area contributed by atoms with E-state index >= 15 is 0 Å². The van der Waals surface area contributed by atoms with Crippen LogP contribution in [0.2, 0.25) is 0 Å². The molecule has 1 rings (SSSR count). The van der Waals surface area contributed by atoms with Gasteiger partial charge in [-0.15, -0.1) is 0 Å². The molecule has 8 nitrogen and oxygen atoms in total. The van der Waals surface area contributed by atoms with Crippen molar-refractivity contribution in [3.8, 4) is 0 Å². The average Bonchev–Trinajstić information content (AvgIpc) is 2.52. The number of nitrogens with one attached hydrogen (secondary N) is 1. The molecular formula is C16H27F3N4O4S2. The first-order valence-corrected chi connectivity index (χ1v) is 11.8. The molecule has 0 spiro atoms. The Bertz CT molecular complexity index is 905. The summed E-state index contributed by atoms with van der Waals surface area (Å²) in [5, 5.41) is 4.99. The number of hydrogen-bond donors (Lipinski definition) is 3. The first-order chi connectivity index (χ1) is 13.1. The summed E-state index contributed by atoms with van der Waals surface area (Å²) < 4.78 is 92.4. The van der Waals surface area contributed by atoms with E-state index in [1.165, 1.54) is 19.0 Å². The maximum Gasteiger partial charge on any atom is 0.400 e. The molecule has 1 aliphatic rings. The van der Waals surface area contributed by atoms with E-state index in [-0.39, 0.29) is 6.54 Å². The third kappa shape index (κ3) is 6.73. The van der Waals surface area contributed by atoms with Gasteiger partial charge in [0.05, 0.1) is 5.70 Å². The smallest absolute Gasteiger partial charge is 0.397 e. The maximum atomic E-state index is 13.7. The first kappa shape index (κ1) is 25.5. The van der Waals surface area contributed by atoms with Crippen molar-refractivity contribution in [3.05, 3.63) is 33.4 Å². The molecule has 0 aromatic rings. The van der Waals surface area contributed by atoms with Gasteiger partial charge in [0.1, 0.15) is 15.7 Å². The summed E-state index contributed by atoms with van der Waals surface area (Å²) in [6.07, 6.45) is -0.254. The molecule has 0 aromatic heterocycles. The van der Waals surface area contributed by atoms with E-state index in [1.807, 2.05) is 6.92 Å². The summed E-state index contributed by atoms with van der Waals surface area (Å²) in [5.41, 5.74) is 3.98. The normalized spacial score (nSPS) is 20.2. The van der Waals surface area contributed by atoms with Crippen LogP contribution in [0.25, 0.3) is 0 Å². The van der Waals surface area contributed by atoms with E-state index in [2.05, 4.69) is 4.72 Å². The number of sulfonamides is 2. The highest BCUT2D eigenvalue weighted by molar-refractivity contribution is 7.94. The lowest BCUT2D eigenvalue weighted by molar-refractivity contribution is -0.152. The van der Waals surface area contributed by atoms with E-state index in [1.54, 1.807) is 0 Å². The van der Waals surface area contributed by atoms with Crippen molar-refractivity contribution in [2.24, 2.45) is 16.8 Å². The molecule has 0 aromatic carbocycles. The summed E-state index contributed by atoms with van der Waals surface area (Å²) >= 11 is 0. The van der Waals surface area contributed by atoms with Crippen LogP contribution in [0.15, 0.2) is 33.4 Å². The molecule has 0 bridgehead atoms. The minimum atomic E-state index is -5.06. The van der Waals surface area contributed by atoms with Crippen molar-refractivity contribution in [2.45, 2.75) is 38.8 Å². The zero-order chi connectivity index (χ0) is 22.6. The fraction of sp³-hybridized carbons (Fsp3) is 0.625. The number of nitrogens with zero attached hydrogens (tertiary/aromatic N) is 1. The lowest BCUT2D eigenvalue weighted by Crippen LogP contribution is -2.39. The molecule has 0 aliphatic heterocycles. The molecule has 1 unspecified atom stereocenters. The van der Waals surface area contributed by atoms with Crippen molar-refractivity contribution >= 4 is 20.0 Å². The van der Waals surface area contributed by atoms with Crippen LogP contribution in [0.1, 0.15) is 32.6 Å². The van der Waals surface area contributed by atoms with Crippen LogP contribution < -0.4 is 15.6 Å². The second-order valence-corrected chi connectivity index (χ2v) is 10.1. The molecule has 0 fully saturated rings. The van der Waals surface area contributed by atoms with E-state index in [4.69, 9.17) is 10.9 Å². The van der Waals surface area contributed by atoms with Crippen LogP contribution in [0, 0.1) is 5.92 Å². The van der Waals surface area contributed by atoms with Crippen molar-refractivity contribution in [2.75, 3.05) is 20.6 Å². The van der Waals surface area contributed by atoms with Crippen LogP contribution in [0.4, 0.5) is 13.2 Å². The van der Waals surface area contributed by atoms with Crippen LogP contribution in [-0.2, 0) is 20.0 Å². The molecule has 1 aliphatic carbocycles. The number of halogens is 3. The van der Waals surface area contributed by atoms with Gasteiger partial charge in [-0.1, -0.05) is 26.2 Å². The molecule has 168 valence electrons. The van der Waals surface area contributed by atoms with Crippen LogP contribution in [0.5, 0.6) is 0 Å². The monoisotopic (exact) mass is 460 g/mol. The summed E-state index contributed by atoms with van der Waals surface area (Å²) in [4.78, 5) is -0.910. The summed E-state index contributed by atoms with van der Waals surface area (Å²) in [6, 6.07) is 0. The fourth-order valence-electron chi connectivity index (χ4n) is 2.86. The Morgan fingerprint density at radius 3 is 2.21 bits per heavy atom. The van der Waals surface area contributed by atoms with Crippen LogP contribution >= 0.6 is 0 Å². The standard InChI is InChI=1S/C16H27F3N4O4S2/c1-4-5-6-7-8-22-29(26,27)12-9-11(10-23(2)3)13(16(17,18)19)15(14(12)20)28(21,24)25/h9-10,13,22H,4-8,20H2,1-3H3,(H2,21,24,25). The van der Waals surface area contributed by atoms with Gasteiger partial charge in [0.25, 0.3) is 0 Å². The summed E-state index contributed by atoms with van der Waals surface area (Å²) in [5.74, 6) is -2.68. The minimum Gasteiger partial charge on any atom is -0.397 e. The number of unbranched alkanes of at least 4 members (excludes halogenated alkanes) is 3. The molecule has 0 amide bonds. The van der Waals surface area contributed by atoms with Gasteiger partial charge in [-0.2, -0.15) is 13.2 Å². The minimum absolute atomic E-state index is 0.0348. The number of alkyl halides is 3. The molecule has 1 atom stereocenters. The van der Waals surface area contributed by atoms with Gasteiger partial charge >= 0.3 is 6.18 Å². The predicted molar refractivity (Wildman–Crippen MR) is 105 cm³/mol. The Kier molecular flexibility index (Phi) is 8.34. The molecular weight excluding hydrogens is 433 g/mol. The van der Waals surface area contributed by atoms with Gasteiger partial charge < -0.3 is 10.6 Å². The van der Waals surface area contributed by atoms with E-state index in [9.17, 15) is 30.0 Å².